The zero-order chi connectivity index (χ0) is 22.4. The Hall–Kier alpha value is -1.59. The summed E-state index contributed by atoms with van der Waals surface area (Å²) in [7, 11) is -0.668. The van der Waals surface area contributed by atoms with Gasteiger partial charge in [-0.1, -0.05) is 36.4 Å². The first kappa shape index (κ1) is 21.3. The maximum absolute atomic E-state index is 6.26. The van der Waals surface area contributed by atoms with Crippen molar-refractivity contribution >= 4 is 25.2 Å². The number of fused-ring (bicyclic) bond motifs is 3. The first-order valence-electron chi connectivity index (χ1n) is 11.3. The molecule has 162 valence electrons. The average Bonchev–Trinajstić information content (AvgIpc) is 3.20. The van der Waals surface area contributed by atoms with Crippen LogP contribution in [0.25, 0.3) is 11.1 Å². The molecule has 0 amide bonds. The van der Waals surface area contributed by atoms with E-state index in [1.165, 1.54) is 22.3 Å². The van der Waals surface area contributed by atoms with E-state index < -0.39 is 0 Å². The van der Waals surface area contributed by atoms with Gasteiger partial charge in [-0.05, 0) is 95.0 Å². The summed E-state index contributed by atoms with van der Waals surface area (Å²) in [5, 5.41) is 0. The van der Waals surface area contributed by atoms with Gasteiger partial charge in [0.05, 0.1) is 22.4 Å². The van der Waals surface area contributed by atoms with E-state index in [1.807, 2.05) is 0 Å². The second-order valence-electron chi connectivity index (χ2n) is 11.2. The molecule has 2 saturated heterocycles. The highest BCUT2D eigenvalue weighted by atomic mass is 16.7. The molecule has 2 aliphatic heterocycles. The molecule has 31 heavy (non-hydrogen) atoms. The third kappa shape index (κ3) is 3.22. The monoisotopic (exact) mass is 418 g/mol. The summed E-state index contributed by atoms with van der Waals surface area (Å²) < 4.78 is 25.0. The summed E-state index contributed by atoms with van der Waals surface area (Å²) in [4.78, 5) is 0. The zero-order valence-electron chi connectivity index (χ0n) is 20.0. The van der Waals surface area contributed by atoms with E-state index in [9.17, 15) is 0 Å². The van der Waals surface area contributed by atoms with Crippen LogP contribution in [-0.4, -0.2) is 36.6 Å². The highest BCUT2D eigenvalue weighted by Gasteiger charge is 2.53. The van der Waals surface area contributed by atoms with E-state index >= 15 is 0 Å². The molecule has 0 radical (unpaired) electrons. The van der Waals surface area contributed by atoms with Crippen molar-refractivity contribution in [2.24, 2.45) is 0 Å². The molecule has 2 aromatic rings. The lowest BCUT2D eigenvalue weighted by Gasteiger charge is -2.32. The minimum atomic E-state index is -0.336. The van der Waals surface area contributed by atoms with E-state index in [4.69, 9.17) is 18.6 Å². The lowest BCUT2D eigenvalue weighted by molar-refractivity contribution is 0.00578. The van der Waals surface area contributed by atoms with E-state index in [-0.39, 0.29) is 36.6 Å². The van der Waals surface area contributed by atoms with Crippen LogP contribution in [0.1, 0.15) is 66.5 Å². The van der Waals surface area contributed by atoms with Crippen molar-refractivity contribution in [2.75, 3.05) is 0 Å². The molecule has 0 N–H and O–H groups in total. The maximum atomic E-state index is 6.26. The predicted octanol–water partition coefficient (Wildman–Crippen LogP) is 3.86. The fourth-order valence-electron chi connectivity index (χ4n) is 4.50. The summed E-state index contributed by atoms with van der Waals surface area (Å²) in [6.07, 6.45) is 0.894. The van der Waals surface area contributed by atoms with Gasteiger partial charge in [0.1, 0.15) is 0 Å². The summed E-state index contributed by atoms with van der Waals surface area (Å²) in [5.74, 6) is 0. The molecule has 0 saturated carbocycles. The summed E-state index contributed by atoms with van der Waals surface area (Å²) in [6.45, 7) is 16.7. The van der Waals surface area contributed by atoms with Gasteiger partial charge in [0.25, 0.3) is 0 Å². The molecule has 1 aliphatic carbocycles. The molecule has 2 heterocycles. The second-order valence-corrected chi connectivity index (χ2v) is 11.2. The van der Waals surface area contributed by atoms with Crippen LogP contribution in [0.2, 0.25) is 0 Å². The molecule has 2 fully saturated rings. The molecule has 0 aromatic heterocycles. The molecule has 0 spiro atoms. The SMILES string of the molecule is CC1(C)OB(c2ccc3c(c2)Cc2cc(B4OC(C)(C)C(C)(C)O4)ccc2-3)OC1(C)C. The van der Waals surface area contributed by atoms with Crippen molar-refractivity contribution in [3.05, 3.63) is 47.5 Å². The summed E-state index contributed by atoms with van der Waals surface area (Å²) >= 11 is 0. The molecule has 2 aromatic carbocycles. The Morgan fingerprint density at radius 1 is 0.548 bits per heavy atom. The van der Waals surface area contributed by atoms with Crippen LogP contribution in [0.3, 0.4) is 0 Å². The van der Waals surface area contributed by atoms with E-state index in [0.29, 0.717) is 0 Å². The fraction of sp³-hybridized carbons (Fsp3) is 0.520. The first-order valence-corrected chi connectivity index (χ1v) is 11.3. The lowest BCUT2D eigenvalue weighted by Crippen LogP contribution is -2.41. The van der Waals surface area contributed by atoms with Gasteiger partial charge in [-0.25, -0.2) is 0 Å². The van der Waals surface area contributed by atoms with Crippen molar-refractivity contribution in [2.45, 2.75) is 84.2 Å². The van der Waals surface area contributed by atoms with Crippen LogP contribution in [0.15, 0.2) is 36.4 Å². The maximum Gasteiger partial charge on any atom is 0.494 e. The summed E-state index contributed by atoms with van der Waals surface area (Å²) in [6, 6.07) is 13.2. The van der Waals surface area contributed by atoms with Crippen LogP contribution in [0, 0.1) is 0 Å². The minimum Gasteiger partial charge on any atom is -0.399 e. The Labute approximate surface area is 186 Å². The molecule has 5 rings (SSSR count). The van der Waals surface area contributed by atoms with Crippen LogP contribution < -0.4 is 10.9 Å². The van der Waals surface area contributed by atoms with Crippen molar-refractivity contribution in [3.8, 4) is 11.1 Å². The standard InChI is InChI=1S/C25H32B2O4/c1-22(2)23(3,4)29-26(28-22)18-9-11-20-16(14-18)13-17-15-19(10-12-21(17)20)27-30-24(5,6)25(7,8)31-27/h9-12,14-15H,13H2,1-8H3. The van der Waals surface area contributed by atoms with Crippen molar-refractivity contribution in [3.63, 3.8) is 0 Å². The molecule has 6 heteroatoms. The molecule has 0 bridgehead atoms. The Morgan fingerprint density at radius 3 is 1.19 bits per heavy atom. The van der Waals surface area contributed by atoms with Crippen LogP contribution in [-0.2, 0) is 25.0 Å². The van der Waals surface area contributed by atoms with Crippen LogP contribution >= 0.6 is 0 Å². The van der Waals surface area contributed by atoms with Gasteiger partial charge in [0, 0.05) is 0 Å². The van der Waals surface area contributed by atoms with Crippen molar-refractivity contribution in [1.82, 2.24) is 0 Å². The van der Waals surface area contributed by atoms with Crippen molar-refractivity contribution < 1.29 is 18.6 Å². The number of hydrogen-bond donors (Lipinski definition) is 0. The van der Waals surface area contributed by atoms with Gasteiger partial charge in [-0.2, -0.15) is 0 Å². The summed E-state index contributed by atoms with van der Waals surface area (Å²) in [5.41, 5.74) is 6.02. The highest BCUT2D eigenvalue weighted by molar-refractivity contribution is 6.62. The zero-order valence-corrected chi connectivity index (χ0v) is 20.0. The Bertz CT molecular complexity index is 942. The lowest BCUT2D eigenvalue weighted by atomic mass is 9.77. The number of hydrogen-bond acceptors (Lipinski definition) is 4. The molecular weight excluding hydrogens is 386 g/mol. The smallest absolute Gasteiger partial charge is 0.399 e. The highest BCUT2D eigenvalue weighted by Crippen LogP contribution is 2.40. The molecule has 4 nitrogen and oxygen atoms in total. The van der Waals surface area contributed by atoms with E-state index in [2.05, 4.69) is 91.8 Å². The average molecular weight is 418 g/mol. The molecular formula is C25H32B2O4. The number of benzene rings is 2. The van der Waals surface area contributed by atoms with Gasteiger partial charge < -0.3 is 18.6 Å². The van der Waals surface area contributed by atoms with Gasteiger partial charge in [0.2, 0.25) is 0 Å². The molecule has 3 aliphatic rings. The third-order valence-electron chi connectivity index (χ3n) is 7.98. The quantitative estimate of drug-likeness (QED) is 0.593. The largest absolute Gasteiger partial charge is 0.494 e. The normalized spacial score (nSPS) is 24.4. The Morgan fingerprint density at radius 2 is 0.871 bits per heavy atom. The van der Waals surface area contributed by atoms with Gasteiger partial charge in [-0.15, -0.1) is 0 Å². The topological polar surface area (TPSA) is 36.9 Å². The fourth-order valence-corrected chi connectivity index (χ4v) is 4.50. The van der Waals surface area contributed by atoms with Gasteiger partial charge in [0.15, 0.2) is 0 Å². The Kier molecular flexibility index (Phi) is 4.44. The van der Waals surface area contributed by atoms with Gasteiger partial charge >= 0.3 is 14.2 Å². The predicted molar refractivity (Wildman–Crippen MR) is 126 cm³/mol. The van der Waals surface area contributed by atoms with Crippen LogP contribution in [0.5, 0.6) is 0 Å². The first-order chi connectivity index (χ1) is 14.3. The van der Waals surface area contributed by atoms with Crippen molar-refractivity contribution in [1.29, 1.82) is 0 Å². The third-order valence-corrected chi connectivity index (χ3v) is 7.98. The second kappa shape index (κ2) is 6.48. The van der Waals surface area contributed by atoms with E-state index in [0.717, 1.165) is 17.3 Å². The van der Waals surface area contributed by atoms with Crippen LogP contribution in [0.4, 0.5) is 0 Å². The van der Waals surface area contributed by atoms with E-state index in [1.54, 1.807) is 0 Å². The minimum absolute atomic E-state index is 0.334. The Balaban J connectivity index is 1.41. The molecule has 0 unspecified atom stereocenters. The number of rotatable bonds is 2. The van der Waals surface area contributed by atoms with Gasteiger partial charge in [-0.3, -0.25) is 0 Å². The molecule has 0 atom stereocenters.